The van der Waals surface area contributed by atoms with Crippen LogP contribution in [0.3, 0.4) is 0 Å². The van der Waals surface area contributed by atoms with Crippen LogP contribution in [0.4, 0.5) is 0 Å². The molecule has 2 atom stereocenters. The lowest BCUT2D eigenvalue weighted by molar-refractivity contribution is 0.0599. The molecular weight excluding hydrogens is 250 g/mol. The molecule has 0 saturated carbocycles. The second-order valence-corrected chi connectivity index (χ2v) is 6.09. The summed E-state index contributed by atoms with van der Waals surface area (Å²) >= 11 is 6.24. The highest BCUT2D eigenvalue weighted by atomic mass is 35.5. The Balaban J connectivity index is 1.88. The van der Waals surface area contributed by atoms with Gasteiger partial charge in [-0.3, -0.25) is 9.48 Å². The smallest absolute Gasteiger partial charge is 0.257 e. The minimum atomic E-state index is 0.136. The fourth-order valence-electron chi connectivity index (χ4n) is 3.39. The number of hydrogen-bond donors (Lipinski definition) is 0. The van der Waals surface area contributed by atoms with Crippen LogP contribution in [0.5, 0.6) is 0 Å². The summed E-state index contributed by atoms with van der Waals surface area (Å²) in [5.74, 6) is 0.136. The van der Waals surface area contributed by atoms with Crippen LogP contribution in [0.1, 0.15) is 41.7 Å². The minimum Gasteiger partial charge on any atom is -0.332 e. The zero-order chi connectivity index (χ0) is 12.9. The molecule has 2 bridgehead atoms. The van der Waals surface area contributed by atoms with Crippen LogP contribution in [0.25, 0.3) is 0 Å². The Hall–Kier alpha value is -1.03. The predicted molar refractivity (Wildman–Crippen MR) is 69.8 cm³/mol. The second kappa shape index (κ2) is 4.26. The fraction of sp³-hybridized carbons (Fsp3) is 0.692. The van der Waals surface area contributed by atoms with Crippen molar-refractivity contribution in [2.75, 3.05) is 0 Å². The molecule has 4 nitrogen and oxygen atoms in total. The van der Waals surface area contributed by atoms with E-state index in [1.54, 1.807) is 4.68 Å². The van der Waals surface area contributed by atoms with Gasteiger partial charge < -0.3 is 4.90 Å². The van der Waals surface area contributed by atoms with Gasteiger partial charge in [0.15, 0.2) is 0 Å². The zero-order valence-corrected chi connectivity index (χ0v) is 11.5. The number of rotatable bonds is 1. The van der Waals surface area contributed by atoms with Gasteiger partial charge in [-0.15, -0.1) is 11.6 Å². The van der Waals surface area contributed by atoms with Gasteiger partial charge in [0, 0.05) is 30.7 Å². The Morgan fingerprint density at radius 3 is 2.50 bits per heavy atom. The van der Waals surface area contributed by atoms with Crippen LogP contribution in [-0.4, -0.2) is 38.0 Å². The van der Waals surface area contributed by atoms with Crippen LogP contribution >= 0.6 is 11.6 Å². The number of carbonyl (C=O) groups excluding carboxylic acids is 1. The first-order chi connectivity index (χ1) is 8.56. The predicted octanol–water partition coefficient (Wildman–Crippen LogP) is 2.10. The van der Waals surface area contributed by atoms with Gasteiger partial charge in [-0.05, 0) is 32.6 Å². The third kappa shape index (κ3) is 1.83. The summed E-state index contributed by atoms with van der Waals surface area (Å²) in [6.45, 7) is 1.89. The lowest BCUT2D eigenvalue weighted by atomic mass is 10.0. The first-order valence-corrected chi connectivity index (χ1v) is 6.97. The highest BCUT2D eigenvalue weighted by molar-refractivity contribution is 6.20. The molecule has 0 aromatic carbocycles. The van der Waals surface area contributed by atoms with Crippen LogP contribution in [-0.2, 0) is 7.05 Å². The third-order valence-electron chi connectivity index (χ3n) is 4.15. The van der Waals surface area contributed by atoms with E-state index in [2.05, 4.69) is 10.00 Å². The van der Waals surface area contributed by atoms with Gasteiger partial charge in [0.25, 0.3) is 5.91 Å². The van der Waals surface area contributed by atoms with E-state index >= 15 is 0 Å². The zero-order valence-electron chi connectivity index (χ0n) is 10.8. The molecule has 1 amide bonds. The number of piperidine rings is 1. The number of hydrogen-bond acceptors (Lipinski definition) is 2. The maximum absolute atomic E-state index is 12.6. The van der Waals surface area contributed by atoms with Gasteiger partial charge in [-0.1, -0.05) is 0 Å². The largest absolute Gasteiger partial charge is 0.332 e. The highest BCUT2D eigenvalue weighted by Crippen LogP contribution is 2.38. The number of amides is 1. The van der Waals surface area contributed by atoms with Crippen LogP contribution in [0.2, 0.25) is 0 Å². The molecule has 0 aliphatic carbocycles. The summed E-state index contributed by atoms with van der Waals surface area (Å²) in [6.07, 6.45) is 5.88. The number of carbonyl (C=O) groups is 1. The summed E-state index contributed by atoms with van der Waals surface area (Å²) in [6, 6.07) is 0.664. The molecule has 18 heavy (non-hydrogen) atoms. The first-order valence-electron chi connectivity index (χ1n) is 6.53. The monoisotopic (exact) mass is 267 g/mol. The molecule has 2 aliphatic rings. The van der Waals surface area contributed by atoms with E-state index in [-0.39, 0.29) is 11.3 Å². The van der Waals surface area contributed by atoms with Crippen LogP contribution in [0, 0.1) is 6.92 Å². The van der Waals surface area contributed by atoms with Gasteiger partial charge in [0.05, 0.1) is 11.3 Å². The molecule has 2 saturated heterocycles. The van der Waals surface area contributed by atoms with E-state index in [4.69, 9.17) is 11.6 Å². The lowest BCUT2D eigenvalue weighted by Gasteiger charge is -2.36. The third-order valence-corrected chi connectivity index (χ3v) is 4.51. The molecule has 0 N–H and O–H groups in total. The number of aryl methyl sites for hydroxylation is 2. The Morgan fingerprint density at radius 1 is 1.39 bits per heavy atom. The topological polar surface area (TPSA) is 38.1 Å². The van der Waals surface area contributed by atoms with E-state index in [1.807, 2.05) is 20.2 Å². The standard InChI is InChI=1S/C13H18ClN3O/c1-8-12(7-16(2)15-8)13(18)17-10-3-4-11(17)6-9(14)5-10/h7,9-11H,3-6H2,1-2H3. The molecule has 0 spiro atoms. The highest BCUT2D eigenvalue weighted by Gasteiger charge is 2.43. The van der Waals surface area contributed by atoms with Crippen molar-refractivity contribution in [1.29, 1.82) is 0 Å². The van der Waals surface area contributed by atoms with Crippen LogP contribution < -0.4 is 0 Å². The molecule has 2 unspecified atom stereocenters. The van der Waals surface area contributed by atoms with Crippen molar-refractivity contribution in [3.8, 4) is 0 Å². The van der Waals surface area contributed by atoms with Gasteiger partial charge in [0.2, 0.25) is 0 Å². The van der Waals surface area contributed by atoms with E-state index in [0.717, 1.165) is 36.9 Å². The Labute approximate surface area is 112 Å². The molecule has 2 aliphatic heterocycles. The summed E-state index contributed by atoms with van der Waals surface area (Å²) < 4.78 is 1.71. The second-order valence-electron chi connectivity index (χ2n) is 5.47. The molecule has 1 aromatic heterocycles. The number of nitrogens with zero attached hydrogens (tertiary/aromatic N) is 3. The van der Waals surface area contributed by atoms with Crippen molar-refractivity contribution in [2.24, 2.45) is 7.05 Å². The molecule has 2 fully saturated rings. The first kappa shape index (κ1) is 12.0. The minimum absolute atomic E-state index is 0.136. The summed E-state index contributed by atoms with van der Waals surface area (Å²) in [4.78, 5) is 14.7. The van der Waals surface area contributed by atoms with Gasteiger partial charge in [-0.2, -0.15) is 5.10 Å². The molecule has 1 aromatic rings. The number of aromatic nitrogens is 2. The average molecular weight is 268 g/mol. The van der Waals surface area contributed by atoms with Crippen molar-refractivity contribution in [2.45, 2.75) is 50.1 Å². The molecule has 3 heterocycles. The van der Waals surface area contributed by atoms with Crippen molar-refractivity contribution in [1.82, 2.24) is 14.7 Å². The van der Waals surface area contributed by atoms with Crippen molar-refractivity contribution in [3.63, 3.8) is 0 Å². The number of fused-ring (bicyclic) bond motifs is 2. The molecule has 5 heteroatoms. The van der Waals surface area contributed by atoms with E-state index in [1.165, 1.54) is 0 Å². The summed E-state index contributed by atoms with van der Waals surface area (Å²) in [5, 5.41) is 4.49. The van der Waals surface area contributed by atoms with Gasteiger partial charge in [-0.25, -0.2) is 0 Å². The van der Waals surface area contributed by atoms with Gasteiger partial charge >= 0.3 is 0 Å². The Bertz CT molecular complexity index is 471. The van der Waals surface area contributed by atoms with Crippen molar-refractivity contribution in [3.05, 3.63) is 17.5 Å². The average Bonchev–Trinajstić information content (AvgIpc) is 2.76. The van der Waals surface area contributed by atoms with Crippen LogP contribution in [0.15, 0.2) is 6.20 Å². The number of halogens is 1. The number of alkyl halides is 1. The van der Waals surface area contributed by atoms with Crippen molar-refractivity contribution >= 4 is 17.5 Å². The van der Waals surface area contributed by atoms with E-state index in [0.29, 0.717) is 12.1 Å². The summed E-state index contributed by atoms with van der Waals surface area (Å²) in [5.41, 5.74) is 1.55. The summed E-state index contributed by atoms with van der Waals surface area (Å²) in [7, 11) is 1.85. The van der Waals surface area contributed by atoms with Crippen molar-refractivity contribution < 1.29 is 4.79 Å². The normalized spacial score (nSPS) is 30.8. The SMILES string of the molecule is Cc1nn(C)cc1C(=O)N1C2CCC1CC(Cl)C2. The maximum Gasteiger partial charge on any atom is 0.257 e. The lowest BCUT2D eigenvalue weighted by Crippen LogP contribution is -2.47. The quantitative estimate of drug-likeness (QED) is 0.731. The molecule has 98 valence electrons. The molecular formula is C13H18ClN3O. The molecule has 3 rings (SSSR count). The van der Waals surface area contributed by atoms with Gasteiger partial charge in [0.1, 0.15) is 0 Å². The van der Waals surface area contributed by atoms with E-state index < -0.39 is 0 Å². The molecule has 0 radical (unpaired) electrons. The maximum atomic E-state index is 12.6. The Morgan fingerprint density at radius 2 is 2.00 bits per heavy atom. The fourth-order valence-corrected chi connectivity index (χ4v) is 3.80. The Kier molecular flexibility index (Phi) is 2.85. The van der Waals surface area contributed by atoms with E-state index in [9.17, 15) is 4.79 Å².